The average Bonchev–Trinajstić information content (AvgIpc) is 2.72. The Morgan fingerprint density at radius 3 is 2.79 bits per heavy atom. The minimum Gasteiger partial charge on any atom is -0.232 e. The molecule has 0 unspecified atom stereocenters. The fourth-order valence-corrected chi connectivity index (χ4v) is 1.92. The van der Waals surface area contributed by atoms with Gasteiger partial charge in [-0.15, -0.1) is 16.9 Å². The topological polar surface area (TPSA) is 43.6 Å². The van der Waals surface area contributed by atoms with Crippen LogP contribution in [0.15, 0.2) is 41.6 Å². The van der Waals surface area contributed by atoms with Crippen molar-refractivity contribution in [2.24, 2.45) is 0 Å². The zero-order chi connectivity index (χ0) is 9.64. The summed E-state index contributed by atoms with van der Waals surface area (Å²) in [6, 6.07) is 10.3. The Labute approximate surface area is 86.3 Å². The quantitative estimate of drug-likeness (QED) is 0.710. The van der Waals surface area contributed by atoms with E-state index < -0.39 is 0 Å². The lowest BCUT2D eigenvalue weighted by Crippen LogP contribution is -2.00. The number of rotatable bonds is 4. The van der Waals surface area contributed by atoms with E-state index in [1.165, 1.54) is 4.90 Å². The molecule has 0 spiro atoms. The number of tetrazole rings is 1. The van der Waals surface area contributed by atoms with Gasteiger partial charge in [-0.2, -0.15) is 0 Å². The van der Waals surface area contributed by atoms with Crippen LogP contribution in [0.1, 0.15) is 0 Å². The molecular formula is C9H10N4S. The Kier molecular flexibility index (Phi) is 3.13. The van der Waals surface area contributed by atoms with Gasteiger partial charge in [-0.05, 0) is 22.6 Å². The van der Waals surface area contributed by atoms with E-state index in [1.807, 2.05) is 18.2 Å². The third-order valence-electron chi connectivity index (χ3n) is 1.72. The van der Waals surface area contributed by atoms with E-state index >= 15 is 0 Å². The standard InChI is InChI=1S/C9H10N4S/c1-2-4-9(5-3-1)14-7-6-13-8-10-11-12-13/h1-5,8H,6-7H2. The molecule has 0 aliphatic heterocycles. The molecule has 72 valence electrons. The normalized spacial score (nSPS) is 10.3. The zero-order valence-corrected chi connectivity index (χ0v) is 8.39. The maximum Gasteiger partial charge on any atom is 0.138 e. The van der Waals surface area contributed by atoms with Crippen LogP contribution < -0.4 is 0 Å². The second kappa shape index (κ2) is 4.76. The molecule has 2 aromatic rings. The predicted octanol–water partition coefficient (Wildman–Crippen LogP) is 1.47. The van der Waals surface area contributed by atoms with Crippen molar-refractivity contribution in [3.63, 3.8) is 0 Å². The molecule has 1 aromatic carbocycles. The lowest BCUT2D eigenvalue weighted by molar-refractivity contribution is 0.631. The van der Waals surface area contributed by atoms with Gasteiger partial charge >= 0.3 is 0 Å². The van der Waals surface area contributed by atoms with Gasteiger partial charge in [0.1, 0.15) is 6.33 Å². The number of aryl methyl sites for hydroxylation is 1. The lowest BCUT2D eigenvalue weighted by atomic mass is 10.4. The van der Waals surface area contributed by atoms with E-state index in [0.29, 0.717) is 0 Å². The predicted molar refractivity (Wildman–Crippen MR) is 55.0 cm³/mol. The van der Waals surface area contributed by atoms with Crippen LogP contribution in [-0.2, 0) is 6.54 Å². The first-order valence-corrected chi connectivity index (χ1v) is 5.32. The summed E-state index contributed by atoms with van der Waals surface area (Å²) < 4.78 is 1.73. The largest absolute Gasteiger partial charge is 0.232 e. The molecule has 1 aromatic heterocycles. The molecule has 5 heteroatoms. The van der Waals surface area contributed by atoms with Gasteiger partial charge in [0.2, 0.25) is 0 Å². The summed E-state index contributed by atoms with van der Waals surface area (Å²) in [5.74, 6) is 0.981. The van der Waals surface area contributed by atoms with E-state index in [4.69, 9.17) is 0 Å². The van der Waals surface area contributed by atoms with Crippen molar-refractivity contribution in [3.05, 3.63) is 36.7 Å². The summed E-state index contributed by atoms with van der Waals surface area (Å²) in [5, 5.41) is 10.9. The van der Waals surface area contributed by atoms with E-state index in [-0.39, 0.29) is 0 Å². The van der Waals surface area contributed by atoms with Gasteiger partial charge in [-0.3, -0.25) is 0 Å². The highest BCUT2D eigenvalue weighted by Crippen LogP contribution is 2.16. The van der Waals surface area contributed by atoms with Gasteiger partial charge in [0.05, 0.1) is 6.54 Å². The van der Waals surface area contributed by atoms with Crippen LogP contribution in [0.5, 0.6) is 0 Å². The van der Waals surface area contributed by atoms with Crippen molar-refractivity contribution in [1.29, 1.82) is 0 Å². The fraction of sp³-hybridized carbons (Fsp3) is 0.222. The Morgan fingerprint density at radius 1 is 1.21 bits per heavy atom. The van der Waals surface area contributed by atoms with Crippen LogP contribution in [0.3, 0.4) is 0 Å². The van der Waals surface area contributed by atoms with Gasteiger partial charge < -0.3 is 0 Å². The summed E-state index contributed by atoms with van der Waals surface area (Å²) in [5.41, 5.74) is 0. The molecular weight excluding hydrogens is 196 g/mol. The van der Waals surface area contributed by atoms with Gasteiger partial charge in [0, 0.05) is 10.6 Å². The molecule has 0 saturated heterocycles. The summed E-state index contributed by atoms with van der Waals surface area (Å²) >= 11 is 1.80. The molecule has 2 rings (SSSR count). The maximum atomic E-state index is 3.79. The minimum atomic E-state index is 0.840. The fourth-order valence-electron chi connectivity index (χ4n) is 1.06. The van der Waals surface area contributed by atoms with Gasteiger partial charge in [-0.25, -0.2) is 4.68 Å². The molecule has 4 nitrogen and oxygen atoms in total. The molecule has 0 saturated carbocycles. The molecule has 0 amide bonds. The molecule has 0 atom stereocenters. The van der Waals surface area contributed by atoms with Crippen molar-refractivity contribution in [2.75, 3.05) is 5.75 Å². The molecule has 0 fully saturated rings. The summed E-state index contributed by atoms with van der Waals surface area (Å²) in [7, 11) is 0. The molecule has 0 N–H and O–H groups in total. The molecule has 14 heavy (non-hydrogen) atoms. The second-order valence-corrected chi connectivity index (χ2v) is 3.90. The van der Waals surface area contributed by atoms with Crippen LogP contribution in [0, 0.1) is 0 Å². The number of thioether (sulfide) groups is 1. The number of hydrogen-bond donors (Lipinski definition) is 0. The van der Waals surface area contributed by atoms with Gasteiger partial charge in [-0.1, -0.05) is 18.2 Å². The average molecular weight is 206 g/mol. The third-order valence-corrected chi connectivity index (χ3v) is 2.72. The van der Waals surface area contributed by atoms with Crippen LogP contribution in [0.2, 0.25) is 0 Å². The number of aromatic nitrogens is 4. The Bertz CT molecular complexity index is 360. The highest BCUT2D eigenvalue weighted by Gasteiger charge is 1.94. The highest BCUT2D eigenvalue weighted by molar-refractivity contribution is 7.99. The summed E-state index contributed by atoms with van der Waals surface area (Å²) in [6.45, 7) is 0.840. The van der Waals surface area contributed by atoms with Crippen LogP contribution in [0.25, 0.3) is 0 Å². The summed E-state index contributed by atoms with van der Waals surface area (Å²) in [4.78, 5) is 1.28. The Hall–Kier alpha value is -1.36. The van der Waals surface area contributed by atoms with Gasteiger partial charge in [0.15, 0.2) is 0 Å². The number of hydrogen-bond acceptors (Lipinski definition) is 4. The summed E-state index contributed by atoms with van der Waals surface area (Å²) in [6.07, 6.45) is 1.63. The second-order valence-electron chi connectivity index (χ2n) is 2.73. The Balaban J connectivity index is 1.79. The molecule has 0 aliphatic carbocycles. The molecule has 0 radical (unpaired) electrons. The van der Waals surface area contributed by atoms with Crippen molar-refractivity contribution in [3.8, 4) is 0 Å². The number of benzene rings is 1. The molecule has 0 bridgehead atoms. The zero-order valence-electron chi connectivity index (χ0n) is 7.58. The first kappa shape index (κ1) is 9.21. The third kappa shape index (κ3) is 2.56. The van der Waals surface area contributed by atoms with E-state index in [1.54, 1.807) is 22.8 Å². The van der Waals surface area contributed by atoms with Crippen molar-refractivity contribution >= 4 is 11.8 Å². The first-order chi connectivity index (χ1) is 6.95. The number of nitrogens with zero attached hydrogens (tertiary/aromatic N) is 4. The van der Waals surface area contributed by atoms with E-state index in [9.17, 15) is 0 Å². The SMILES string of the molecule is c1ccc(SCCn2cnnn2)cc1. The highest BCUT2D eigenvalue weighted by atomic mass is 32.2. The van der Waals surface area contributed by atoms with Crippen LogP contribution >= 0.6 is 11.8 Å². The lowest BCUT2D eigenvalue weighted by Gasteiger charge is -1.99. The van der Waals surface area contributed by atoms with Crippen LogP contribution in [-0.4, -0.2) is 26.0 Å². The molecule has 0 aliphatic rings. The molecule has 1 heterocycles. The monoisotopic (exact) mass is 206 g/mol. The smallest absolute Gasteiger partial charge is 0.138 e. The minimum absolute atomic E-state index is 0.840. The maximum absolute atomic E-state index is 3.79. The van der Waals surface area contributed by atoms with Gasteiger partial charge in [0.25, 0.3) is 0 Å². The Morgan fingerprint density at radius 2 is 2.07 bits per heavy atom. The van der Waals surface area contributed by atoms with E-state index in [2.05, 4.69) is 27.7 Å². The van der Waals surface area contributed by atoms with Crippen molar-refractivity contribution in [2.45, 2.75) is 11.4 Å². The van der Waals surface area contributed by atoms with E-state index in [0.717, 1.165) is 12.3 Å². The first-order valence-electron chi connectivity index (χ1n) is 4.34. The van der Waals surface area contributed by atoms with Crippen molar-refractivity contribution in [1.82, 2.24) is 20.2 Å². The van der Waals surface area contributed by atoms with Crippen LogP contribution in [0.4, 0.5) is 0 Å². The van der Waals surface area contributed by atoms with Crippen molar-refractivity contribution < 1.29 is 0 Å².